The van der Waals surface area contributed by atoms with Gasteiger partial charge < -0.3 is 30.5 Å². The molecular weight excluding hydrogens is 294 g/mol. The van der Waals surface area contributed by atoms with Crippen LogP contribution in [0.25, 0.3) is 0 Å². The molecule has 0 aliphatic carbocycles. The lowest BCUT2D eigenvalue weighted by Gasteiger charge is -2.35. The number of nitrogens with zero attached hydrogens (tertiary/aromatic N) is 1. The van der Waals surface area contributed by atoms with Gasteiger partial charge in [-0.1, -0.05) is 12.1 Å². The Labute approximate surface area is 125 Å². The summed E-state index contributed by atoms with van der Waals surface area (Å²) in [6.45, 7) is -0.218. The summed E-state index contributed by atoms with van der Waals surface area (Å²) in [5.41, 5.74) is 2.54. The van der Waals surface area contributed by atoms with Gasteiger partial charge in [-0.15, -0.1) is 0 Å². The van der Waals surface area contributed by atoms with Crippen molar-refractivity contribution in [3.8, 4) is 5.75 Å². The molecule has 1 heterocycles. The third-order valence-corrected chi connectivity index (χ3v) is 3.08. The van der Waals surface area contributed by atoms with Crippen molar-refractivity contribution in [2.45, 2.75) is 24.5 Å². The van der Waals surface area contributed by atoms with Crippen LogP contribution < -0.4 is 10.7 Å². The molecule has 6 N–H and O–H groups in total. The fourth-order valence-corrected chi connectivity index (χ4v) is 1.85. The van der Waals surface area contributed by atoms with Gasteiger partial charge >= 0.3 is 6.03 Å². The zero-order valence-corrected chi connectivity index (χ0v) is 11.5. The molecule has 2 rings (SSSR count). The number of rotatable bonds is 3. The predicted octanol–water partition coefficient (Wildman–Crippen LogP) is -1.54. The molecule has 1 saturated heterocycles. The summed E-state index contributed by atoms with van der Waals surface area (Å²) in [6.07, 6.45) is -4.01. The number of ether oxygens (including phenoxy) is 1. The quantitative estimate of drug-likeness (QED) is 0.295. The molecule has 0 unspecified atom stereocenters. The van der Waals surface area contributed by atoms with Crippen LogP contribution in [0.15, 0.2) is 29.4 Å². The van der Waals surface area contributed by atoms with Crippen molar-refractivity contribution in [2.75, 3.05) is 6.61 Å². The van der Waals surface area contributed by atoms with Gasteiger partial charge in [-0.05, 0) is 12.1 Å². The van der Waals surface area contributed by atoms with Crippen LogP contribution in [-0.4, -0.2) is 63.8 Å². The van der Waals surface area contributed by atoms with Gasteiger partial charge in [0, 0.05) is 5.56 Å². The normalized spacial score (nSPS) is 28.5. The number of phenols is 1. The average molecular weight is 311 g/mol. The standard InChI is InChI=1S/C13H17N3O6/c17-8-4-2-1-3-7(8)5-14-16-13(21)15-12-11(20)10(19)9(18)6-22-12/h1-5,9-12,17-20H,6H2,(H2,15,16,21)/b14-5+/t9-,10+,11-,12-/m1/s1. The van der Waals surface area contributed by atoms with E-state index in [-0.39, 0.29) is 12.4 Å². The molecule has 9 heteroatoms. The van der Waals surface area contributed by atoms with Crippen molar-refractivity contribution in [3.63, 3.8) is 0 Å². The van der Waals surface area contributed by atoms with Crippen molar-refractivity contribution < 1.29 is 30.0 Å². The number of para-hydroxylation sites is 1. The zero-order chi connectivity index (χ0) is 16.1. The Morgan fingerprint density at radius 2 is 2.00 bits per heavy atom. The third kappa shape index (κ3) is 3.92. The molecule has 0 radical (unpaired) electrons. The summed E-state index contributed by atoms with van der Waals surface area (Å²) in [5, 5.41) is 43.8. The van der Waals surface area contributed by atoms with Gasteiger partial charge in [0.15, 0.2) is 6.23 Å². The second kappa shape index (κ2) is 7.18. The zero-order valence-electron chi connectivity index (χ0n) is 11.5. The number of hydrazone groups is 1. The van der Waals surface area contributed by atoms with E-state index < -0.39 is 30.6 Å². The van der Waals surface area contributed by atoms with Gasteiger partial charge in [-0.25, -0.2) is 10.2 Å². The lowest BCUT2D eigenvalue weighted by atomic mass is 10.0. The highest BCUT2D eigenvalue weighted by Crippen LogP contribution is 2.14. The molecule has 2 amide bonds. The Morgan fingerprint density at radius 3 is 2.73 bits per heavy atom. The second-order valence-electron chi connectivity index (χ2n) is 4.70. The van der Waals surface area contributed by atoms with Crippen molar-refractivity contribution in [2.24, 2.45) is 5.10 Å². The maximum absolute atomic E-state index is 11.6. The van der Waals surface area contributed by atoms with Crippen LogP contribution in [0.2, 0.25) is 0 Å². The molecule has 0 bridgehead atoms. The van der Waals surface area contributed by atoms with Crippen LogP contribution in [0.4, 0.5) is 4.79 Å². The molecular formula is C13H17N3O6. The Balaban J connectivity index is 1.84. The first-order chi connectivity index (χ1) is 10.5. The highest BCUT2D eigenvalue weighted by Gasteiger charge is 2.38. The number of aliphatic hydroxyl groups is 3. The van der Waals surface area contributed by atoms with Gasteiger partial charge in [-0.2, -0.15) is 5.10 Å². The summed E-state index contributed by atoms with van der Waals surface area (Å²) in [7, 11) is 0. The number of benzene rings is 1. The number of aliphatic hydroxyl groups excluding tert-OH is 3. The molecule has 9 nitrogen and oxygen atoms in total. The largest absolute Gasteiger partial charge is 0.507 e. The summed E-state index contributed by atoms with van der Waals surface area (Å²) in [4.78, 5) is 11.6. The van der Waals surface area contributed by atoms with E-state index in [1.165, 1.54) is 12.3 Å². The first-order valence-electron chi connectivity index (χ1n) is 6.52. The molecule has 22 heavy (non-hydrogen) atoms. The lowest BCUT2D eigenvalue weighted by molar-refractivity contribution is -0.191. The number of phenolic OH excluding ortho intramolecular Hbond substituents is 1. The van der Waals surface area contributed by atoms with Crippen molar-refractivity contribution in [1.82, 2.24) is 10.7 Å². The van der Waals surface area contributed by atoms with Crippen LogP contribution >= 0.6 is 0 Å². The van der Waals surface area contributed by atoms with E-state index in [4.69, 9.17) is 4.74 Å². The van der Waals surface area contributed by atoms with Crippen LogP contribution in [0.1, 0.15) is 5.56 Å². The van der Waals surface area contributed by atoms with E-state index in [1.807, 2.05) is 0 Å². The molecule has 0 aromatic heterocycles. The Kier molecular flexibility index (Phi) is 5.28. The highest BCUT2D eigenvalue weighted by molar-refractivity contribution is 5.84. The van der Waals surface area contributed by atoms with Gasteiger partial charge in [0.05, 0.1) is 12.8 Å². The number of urea groups is 1. The fraction of sp³-hybridized carbons (Fsp3) is 0.385. The van der Waals surface area contributed by atoms with Crippen LogP contribution in [-0.2, 0) is 4.74 Å². The highest BCUT2D eigenvalue weighted by atomic mass is 16.5. The van der Waals surface area contributed by atoms with E-state index in [0.29, 0.717) is 5.56 Å². The monoisotopic (exact) mass is 311 g/mol. The van der Waals surface area contributed by atoms with Crippen molar-refractivity contribution in [1.29, 1.82) is 0 Å². The molecule has 1 aromatic rings. The average Bonchev–Trinajstić information content (AvgIpc) is 2.50. The maximum atomic E-state index is 11.6. The molecule has 1 aliphatic heterocycles. The van der Waals surface area contributed by atoms with E-state index in [1.54, 1.807) is 18.2 Å². The molecule has 1 aromatic carbocycles. The number of amides is 2. The summed E-state index contributed by atoms with van der Waals surface area (Å²) in [5.74, 6) is 0.0107. The SMILES string of the molecule is O=C(N/N=C/c1ccccc1O)N[C@@H]1OC[C@@H](O)[C@H](O)[C@H]1O. The Morgan fingerprint density at radius 1 is 1.27 bits per heavy atom. The van der Waals surface area contributed by atoms with Gasteiger partial charge in [0.1, 0.15) is 24.1 Å². The summed E-state index contributed by atoms with van der Waals surface area (Å²) < 4.78 is 5.00. The summed E-state index contributed by atoms with van der Waals surface area (Å²) >= 11 is 0. The molecule has 120 valence electrons. The smallest absolute Gasteiger partial charge is 0.337 e. The van der Waals surface area contributed by atoms with E-state index >= 15 is 0 Å². The number of hydrogen-bond donors (Lipinski definition) is 6. The van der Waals surface area contributed by atoms with Crippen LogP contribution in [0.3, 0.4) is 0 Å². The maximum Gasteiger partial charge on any atom is 0.337 e. The predicted molar refractivity (Wildman–Crippen MR) is 75.1 cm³/mol. The topological polar surface area (TPSA) is 144 Å². The Bertz CT molecular complexity index is 552. The first kappa shape index (κ1) is 16.2. The van der Waals surface area contributed by atoms with Crippen LogP contribution in [0.5, 0.6) is 5.75 Å². The molecule has 0 saturated carbocycles. The number of aromatic hydroxyl groups is 1. The minimum Gasteiger partial charge on any atom is -0.507 e. The molecule has 1 fully saturated rings. The van der Waals surface area contributed by atoms with Crippen LogP contribution in [0, 0.1) is 0 Å². The number of carbonyl (C=O) groups excluding carboxylic acids is 1. The Hall–Kier alpha value is -2.20. The van der Waals surface area contributed by atoms with E-state index in [0.717, 1.165) is 0 Å². The first-order valence-corrected chi connectivity index (χ1v) is 6.52. The number of hydrogen-bond acceptors (Lipinski definition) is 7. The molecule has 4 atom stereocenters. The molecule has 1 aliphatic rings. The minimum absolute atomic E-state index is 0.0107. The second-order valence-corrected chi connectivity index (χ2v) is 4.70. The van der Waals surface area contributed by atoms with Gasteiger partial charge in [-0.3, -0.25) is 0 Å². The van der Waals surface area contributed by atoms with Gasteiger partial charge in [0.25, 0.3) is 0 Å². The number of nitrogens with one attached hydrogen (secondary N) is 2. The van der Waals surface area contributed by atoms with Crippen molar-refractivity contribution >= 4 is 12.2 Å². The lowest BCUT2D eigenvalue weighted by Crippen LogP contribution is -2.59. The van der Waals surface area contributed by atoms with Crippen molar-refractivity contribution in [3.05, 3.63) is 29.8 Å². The summed E-state index contributed by atoms with van der Waals surface area (Å²) in [6, 6.07) is 5.64. The molecule has 0 spiro atoms. The van der Waals surface area contributed by atoms with E-state index in [2.05, 4.69) is 15.8 Å². The fourth-order valence-electron chi connectivity index (χ4n) is 1.85. The number of carbonyl (C=O) groups is 1. The third-order valence-electron chi connectivity index (χ3n) is 3.08. The van der Waals surface area contributed by atoms with Gasteiger partial charge in [0.2, 0.25) is 0 Å². The van der Waals surface area contributed by atoms with E-state index in [9.17, 15) is 25.2 Å². The minimum atomic E-state index is -1.46.